The molecule has 2 aliphatic carbocycles. The number of rotatable bonds is 20. The van der Waals surface area contributed by atoms with Gasteiger partial charge in [0.25, 0.3) is 0 Å². The van der Waals surface area contributed by atoms with E-state index in [4.69, 9.17) is 10.7 Å². The fourth-order valence-electron chi connectivity index (χ4n) is 11.3. The summed E-state index contributed by atoms with van der Waals surface area (Å²) in [6.07, 6.45) is 26.8. The second kappa shape index (κ2) is 23.5. The number of aldehydes is 1. The van der Waals surface area contributed by atoms with E-state index in [2.05, 4.69) is 69.6 Å². The number of fused-ring (bicyclic) bond motifs is 1. The van der Waals surface area contributed by atoms with Gasteiger partial charge in [0.15, 0.2) is 0 Å². The second-order valence-corrected chi connectivity index (χ2v) is 22.2. The van der Waals surface area contributed by atoms with Crippen LogP contribution in [0.5, 0.6) is 0 Å². The molecule has 6 fully saturated rings. The highest BCUT2D eigenvalue weighted by Crippen LogP contribution is 2.52. The summed E-state index contributed by atoms with van der Waals surface area (Å²) in [5, 5.41) is 2.78. The van der Waals surface area contributed by atoms with Gasteiger partial charge >= 0.3 is 5.69 Å². The van der Waals surface area contributed by atoms with Crippen LogP contribution in [-0.4, -0.2) is 117 Å². The lowest BCUT2D eigenvalue weighted by Crippen LogP contribution is -2.40. The largest absolute Gasteiger partial charge is 0.390 e. The van der Waals surface area contributed by atoms with E-state index in [1.54, 1.807) is 16.2 Å². The number of carbonyl (C=O) groups is 3. The lowest BCUT2D eigenvalue weighted by atomic mass is 9.87. The number of aliphatic imine (C=N–C) groups is 2. The average Bonchev–Trinajstić information content (AvgIpc) is 3.56. The van der Waals surface area contributed by atoms with Crippen LogP contribution in [0.15, 0.2) is 56.6 Å². The Hall–Kier alpha value is -4.05. The van der Waals surface area contributed by atoms with Gasteiger partial charge in [0.1, 0.15) is 18.1 Å². The van der Waals surface area contributed by atoms with Crippen molar-refractivity contribution in [1.29, 1.82) is 0 Å². The number of imidazole rings is 1. The van der Waals surface area contributed by atoms with Crippen molar-refractivity contribution in [3.8, 4) is 0 Å². The van der Waals surface area contributed by atoms with E-state index in [9.17, 15) is 19.2 Å². The summed E-state index contributed by atoms with van der Waals surface area (Å²) in [5.74, 6) is 1.03. The summed E-state index contributed by atoms with van der Waals surface area (Å²) in [6.45, 7) is 15.4. The minimum absolute atomic E-state index is 0.0328. The van der Waals surface area contributed by atoms with Gasteiger partial charge in [-0.3, -0.25) is 28.6 Å². The van der Waals surface area contributed by atoms with Crippen molar-refractivity contribution in [3.05, 3.63) is 57.9 Å². The number of carbonyl (C=O) groups excluding carboxylic acids is 3. The van der Waals surface area contributed by atoms with Gasteiger partial charge in [0.2, 0.25) is 12.3 Å². The number of unbranched alkanes of at least 4 members (excludes halogenated alkanes) is 7. The number of hydrogen-bond acceptors (Lipinski definition) is 10. The summed E-state index contributed by atoms with van der Waals surface area (Å²) in [7, 11) is 4.03. The highest BCUT2D eigenvalue weighted by atomic mass is 32.2. The first kappa shape index (κ1) is 50.8. The molecule has 0 bridgehead atoms. The molecule has 2 saturated carbocycles. The van der Waals surface area contributed by atoms with Crippen molar-refractivity contribution in [2.45, 2.75) is 160 Å². The Morgan fingerprint density at radius 1 is 0.910 bits per heavy atom. The number of nitrogens with one attached hydrogen (secondary N) is 1. The van der Waals surface area contributed by atoms with Gasteiger partial charge in [-0.05, 0) is 132 Å². The molecule has 67 heavy (non-hydrogen) atoms. The molecule has 2 aromatic rings. The molecule has 3 N–H and O–H groups in total. The first-order valence-electron chi connectivity index (χ1n) is 25.6. The molecule has 15 heteroatoms. The van der Waals surface area contributed by atoms with Gasteiger partial charge in [-0.15, -0.1) is 0 Å². The molecule has 1 spiro atoms. The lowest BCUT2D eigenvalue weighted by molar-refractivity contribution is -0.124. The van der Waals surface area contributed by atoms with Crippen LogP contribution < -0.4 is 16.7 Å². The molecule has 4 atom stereocenters. The maximum absolute atomic E-state index is 12.9. The highest BCUT2D eigenvalue weighted by molar-refractivity contribution is 7.94. The third-order valence-corrected chi connectivity index (χ3v) is 16.9. The minimum Gasteiger partial charge on any atom is -0.390 e. The molecule has 6 aliphatic rings. The van der Waals surface area contributed by atoms with E-state index < -0.39 is 6.04 Å². The summed E-state index contributed by atoms with van der Waals surface area (Å²) in [4.78, 5) is 61.9. The Balaban J connectivity index is 0.000000204. The lowest BCUT2D eigenvalue weighted by Gasteiger charge is -2.33. The van der Waals surface area contributed by atoms with Crippen molar-refractivity contribution >= 4 is 54.3 Å². The fraction of sp³-hybridized carbons (Fsp3) is 0.692. The zero-order valence-electron chi connectivity index (χ0n) is 41.1. The van der Waals surface area contributed by atoms with Crippen LogP contribution in [0.1, 0.15) is 147 Å². The maximum Gasteiger partial charge on any atom is 0.329 e. The van der Waals surface area contributed by atoms with Gasteiger partial charge in [-0.1, -0.05) is 65.0 Å². The molecule has 8 rings (SSSR count). The number of hydrogen-bond donors (Lipinski definition) is 2. The molecular weight excluding hydrogens is 861 g/mol. The minimum atomic E-state index is -0.482. The summed E-state index contributed by atoms with van der Waals surface area (Å²) < 4.78 is 8.43. The molecule has 368 valence electrons. The van der Waals surface area contributed by atoms with E-state index in [1.165, 1.54) is 76.6 Å². The normalized spacial score (nSPS) is 26.4. The molecule has 1 aromatic heterocycles. The van der Waals surface area contributed by atoms with E-state index in [1.807, 2.05) is 23.1 Å². The van der Waals surface area contributed by atoms with Crippen LogP contribution >= 0.6 is 12.1 Å². The van der Waals surface area contributed by atoms with E-state index in [0.29, 0.717) is 48.2 Å². The number of aryl methyl sites for hydroxylation is 2. The van der Waals surface area contributed by atoms with Crippen molar-refractivity contribution in [3.63, 3.8) is 0 Å². The fourth-order valence-corrected chi connectivity index (χ4v) is 12.5. The van der Waals surface area contributed by atoms with Crippen LogP contribution in [0, 0.1) is 16.7 Å². The van der Waals surface area contributed by atoms with Crippen molar-refractivity contribution in [2.75, 3.05) is 46.3 Å². The van der Waals surface area contributed by atoms with Crippen molar-refractivity contribution < 1.29 is 14.4 Å². The zero-order valence-corrected chi connectivity index (χ0v) is 42.0. The molecular formula is C52H80N10O4S. The highest BCUT2D eigenvalue weighted by Gasteiger charge is 2.45. The number of piperidine rings is 2. The Kier molecular flexibility index (Phi) is 17.8. The summed E-state index contributed by atoms with van der Waals surface area (Å²) >= 11 is 1.97. The van der Waals surface area contributed by atoms with Crippen molar-refractivity contribution in [2.24, 2.45) is 39.5 Å². The van der Waals surface area contributed by atoms with Crippen LogP contribution in [0.25, 0.3) is 11.0 Å². The van der Waals surface area contributed by atoms with E-state index in [0.717, 1.165) is 113 Å². The molecule has 1 aromatic carbocycles. The predicted molar refractivity (Wildman–Crippen MR) is 273 cm³/mol. The number of nitrogens with zero attached hydrogens (tertiary/aromatic N) is 8. The standard InChI is InChI=1S/C28H47N7OS.C24H33N3O3/c1-22-5-4-6-25(22)35(21-36)26(31-20-29)24(27(2)9-10-27)17-30-23-7-13-33(14-8-23)37-34-16-12-28(19-34)11-15-32(3)18-28;1-18-12-14-21(23(29)25-18)27-20-15-13-19(17-22(20)26(2)24(27)30)11-9-7-5-3-4-6-8-10-16-28/h17,20-23,25H,4-16,18-19H2,1-3H3,(H2,29,31);13,15-17,21H,1,3-12,14H2,2H3,(H,25,29)/b26-24-,30-17?;. The zero-order chi connectivity index (χ0) is 47.6. The molecule has 4 aliphatic heterocycles. The first-order chi connectivity index (χ1) is 32.4. The quantitative estimate of drug-likeness (QED) is 0.0443. The molecule has 0 radical (unpaired) electrons. The van der Waals surface area contributed by atoms with Gasteiger partial charge < -0.3 is 20.7 Å². The Morgan fingerprint density at radius 2 is 1.64 bits per heavy atom. The Bertz CT molecular complexity index is 2190. The predicted octanol–water partition coefficient (Wildman–Crippen LogP) is 7.93. The smallest absolute Gasteiger partial charge is 0.329 e. The van der Waals surface area contributed by atoms with Gasteiger partial charge in [-0.2, -0.15) is 0 Å². The summed E-state index contributed by atoms with van der Waals surface area (Å²) in [5.41, 5.74) is 10.9. The number of nitrogens with two attached hydrogens (primary N) is 1. The average molecular weight is 941 g/mol. The Labute approximate surface area is 404 Å². The third kappa shape index (κ3) is 12.8. The SMILES string of the molecule is C=C1CCC(n2c(=O)n(C)c3cc(CCCCCCCCCC=O)ccc32)C(=O)N1.CC1CCCC1N(C=O)C(/N=C/N)=C(/C=NC1CCN(SN2CCC3(CCN(C)C3)C2)CC1)C1(C)CC1. The third-order valence-electron chi connectivity index (χ3n) is 15.8. The van der Waals surface area contributed by atoms with Crippen LogP contribution in [0.4, 0.5) is 0 Å². The molecule has 4 saturated heterocycles. The Morgan fingerprint density at radius 3 is 2.28 bits per heavy atom. The molecule has 2 amide bonds. The summed E-state index contributed by atoms with van der Waals surface area (Å²) in [6, 6.07) is 6.18. The number of benzene rings is 1. The first-order valence-corrected chi connectivity index (χ1v) is 26.3. The molecule has 5 heterocycles. The second-order valence-electron chi connectivity index (χ2n) is 21.0. The van der Waals surface area contributed by atoms with Gasteiger partial charge in [0.05, 0.1) is 23.4 Å². The van der Waals surface area contributed by atoms with Crippen molar-refractivity contribution in [1.82, 2.24) is 32.9 Å². The van der Waals surface area contributed by atoms with E-state index >= 15 is 0 Å². The van der Waals surface area contributed by atoms with Crippen LogP contribution in [-0.2, 0) is 27.9 Å². The topological polar surface area (TPSA) is 154 Å². The van der Waals surface area contributed by atoms with Gasteiger partial charge in [-0.25, -0.2) is 18.4 Å². The van der Waals surface area contributed by atoms with E-state index in [-0.39, 0.29) is 23.1 Å². The molecule has 4 unspecified atom stereocenters. The maximum atomic E-state index is 12.9. The van der Waals surface area contributed by atoms with Gasteiger partial charge in [0, 0.05) is 81.9 Å². The number of allylic oxidation sites excluding steroid dienone is 2. The number of aromatic nitrogens is 2. The van der Waals surface area contributed by atoms with Crippen LogP contribution in [0.3, 0.4) is 0 Å². The monoisotopic (exact) mass is 941 g/mol. The molecule has 14 nitrogen and oxygen atoms in total. The van der Waals surface area contributed by atoms with Crippen LogP contribution in [0.2, 0.25) is 0 Å². The number of amides is 2. The number of likely N-dealkylation sites (tertiary alicyclic amines) is 1.